The van der Waals surface area contributed by atoms with Gasteiger partial charge in [0.15, 0.2) is 0 Å². The summed E-state index contributed by atoms with van der Waals surface area (Å²) in [4.78, 5) is 39.1. The van der Waals surface area contributed by atoms with Gasteiger partial charge in [0.25, 0.3) is 0 Å². The van der Waals surface area contributed by atoms with Crippen LogP contribution in [0.4, 0.5) is 0 Å². The van der Waals surface area contributed by atoms with Crippen LogP contribution >= 0.6 is 0 Å². The van der Waals surface area contributed by atoms with E-state index in [2.05, 4.69) is 0 Å². The topological polar surface area (TPSA) is 149 Å². The maximum atomic E-state index is 9.90. The average Bonchev–Trinajstić information content (AvgIpc) is 2.22. The number of rotatable bonds is 8. The van der Waals surface area contributed by atoms with Crippen molar-refractivity contribution in [1.82, 2.24) is 0 Å². The second-order valence-corrected chi connectivity index (χ2v) is 3.28. The molecule has 0 fully saturated rings. The fraction of sp³-hybridized carbons (Fsp3) is 0.600. The van der Waals surface area contributed by atoms with E-state index in [1.165, 1.54) is 0 Å². The zero-order valence-electron chi connectivity index (χ0n) is 10.4. The van der Waals surface area contributed by atoms with Gasteiger partial charge in [-0.3, -0.25) is 19.2 Å². The summed E-state index contributed by atoms with van der Waals surface area (Å²) in [6, 6.07) is 0. The number of aliphatic carboxylic acids is 4. The summed E-state index contributed by atoms with van der Waals surface area (Å²) < 4.78 is 0. The first-order valence-electron chi connectivity index (χ1n) is 5.13. The number of hydrogen-bond acceptors (Lipinski definition) is 4. The molecule has 0 aliphatic heterocycles. The Kier molecular flexibility index (Phi) is 17.4. The van der Waals surface area contributed by atoms with E-state index in [1.807, 2.05) is 0 Å². The van der Waals surface area contributed by atoms with Crippen LogP contribution in [0.15, 0.2) is 0 Å². The number of hydrogen-bond donors (Lipinski definition) is 4. The van der Waals surface area contributed by atoms with E-state index in [0.717, 1.165) is 0 Å². The van der Waals surface area contributed by atoms with E-state index in [4.69, 9.17) is 20.4 Å². The molecule has 0 spiro atoms. The minimum atomic E-state index is -1.08. The van der Waals surface area contributed by atoms with Gasteiger partial charge in [-0.05, 0) is 12.8 Å². The van der Waals surface area contributed by atoms with Crippen LogP contribution in [0.2, 0.25) is 0 Å². The molecule has 0 saturated carbocycles. The first-order valence-corrected chi connectivity index (χ1v) is 5.13. The molecule has 19 heavy (non-hydrogen) atoms. The van der Waals surface area contributed by atoms with E-state index in [0.29, 0.717) is 12.8 Å². The zero-order valence-corrected chi connectivity index (χ0v) is 13.3. The van der Waals surface area contributed by atoms with E-state index in [9.17, 15) is 19.2 Å². The molecule has 8 nitrogen and oxygen atoms in total. The van der Waals surface area contributed by atoms with Crippen LogP contribution in [0.1, 0.15) is 38.5 Å². The summed E-state index contributed by atoms with van der Waals surface area (Å²) in [5, 5.41) is 32.1. The molecule has 0 unspecified atom stereocenters. The summed E-state index contributed by atoms with van der Waals surface area (Å²) in [7, 11) is 0. The third-order valence-electron chi connectivity index (χ3n) is 1.58. The predicted octanol–water partition coefficient (Wildman–Crippen LogP) is 0.649. The van der Waals surface area contributed by atoms with Gasteiger partial charge in [-0.1, -0.05) is 0 Å². The van der Waals surface area contributed by atoms with E-state index < -0.39 is 23.9 Å². The Morgan fingerprint density at radius 3 is 0.895 bits per heavy atom. The summed E-state index contributed by atoms with van der Waals surface area (Å²) in [6.07, 6.45) is 0.425. The predicted molar refractivity (Wildman–Crippen MR) is 58.2 cm³/mol. The molecule has 0 amide bonds. The summed E-state index contributed by atoms with van der Waals surface area (Å²) in [5.41, 5.74) is 0. The van der Waals surface area contributed by atoms with E-state index in [-0.39, 0.29) is 45.2 Å². The van der Waals surface area contributed by atoms with Gasteiger partial charge in [0.2, 0.25) is 0 Å². The van der Waals surface area contributed by atoms with Crippen LogP contribution < -0.4 is 0 Å². The van der Waals surface area contributed by atoms with Crippen LogP contribution in [-0.4, -0.2) is 44.3 Å². The van der Waals surface area contributed by atoms with Gasteiger partial charge >= 0.3 is 23.9 Å². The molecule has 0 aliphatic carbocycles. The molecule has 0 atom stereocenters. The van der Waals surface area contributed by atoms with Crippen molar-refractivity contribution in [3.8, 4) is 0 Å². The van der Waals surface area contributed by atoms with Crippen molar-refractivity contribution >= 4 is 23.9 Å². The number of unbranched alkanes of at least 4 members (excludes halogenated alkanes) is 1. The van der Waals surface area contributed by atoms with Gasteiger partial charge in [0, 0.05) is 32.3 Å². The zero-order chi connectivity index (χ0) is 14.6. The van der Waals surface area contributed by atoms with E-state index in [1.54, 1.807) is 0 Å². The third-order valence-corrected chi connectivity index (χ3v) is 1.58. The molecular formula is C10H16O8Zn. The summed E-state index contributed by atoms with van der Waals surface area (Å²) in [5.74, 6) is -3.89. The Morgan fingerprint density at radius 2 is 0.737 bits per heavy atom. The molecular weight excluding hydrogens is 313 g/mol. The fourth-order valence-corrected chi connectivity index (χ4v) is 0.766. The first kappa shape index (κ1) is 22.7. The Bertz CT molecular complexity index is 272. The van der Waals surface area contributed by atoms with Crippen molar-refractivity contribution in [1.29, 1.82) is 0 Å². The van der Waals surface area contributed by atoms with Gasteiger partial charge in [0.05, 0.1) is 12.8 Å². The quantitative estimate of drug-likeness (QED) is 0.374. The Labute approximate surface area is 122 Å². The van der Waals surface area contributed by atoms with Gasteiger partial charge in [-0.15, -0.1) is 0 Å². The second-order valence-electron chi connectivity index (χ2n) is 3.28. The molecule has 0 aromatic rings. The fourth-order valence-electron chi connectivity index (χ4n) is 0.766. The maximum Gasteiger partial charge on any atom is 0.303 e. The normalized spacial score (nSPS) is 8.42. The van der Waals surface area contributed by atoms with Gasteiger partial charge in [-0.25, -0.2) is 0 Å². The van der Waals surface area contributed by atoms with Crippen LogP contribution in [0, 0.1) is 0 Å². The average molecular weight is 330 g/mol. The molecule has 0 rings (SSSR count). The van der Waals surface area contributed by atoms with Gasteiger partial charge in [0.1, 0.15) is 0 Å². The first-order chi connectivity index (χ1) is 8.25. The minimum Gasteiger partial charge on any atom is -0.481 e. The molecule has 0 aliphatic rings. The third kappa shape index (κ3) is 31.5. The molecule has 0 aromatic carbocycles. The van der Waals surface area contributed by atoms with Gasteiger partial charge in [-0.2, -0.15) is 0 Å². The van der Waals surface area contributed by atoms with Crippen LogP contribution in [-0.2, 0) is 38.7 Å². The standard InChI is InChI=1S/C6H10O4.C4H6O4.Zn/c7-5(8)3-1-2-4-6(9)10;5-3(6)1-2-4(7)8;/h1-4H2,(H,7,8)(H,9,10);1-2H2,(H,5,6)(H,7,8);. The number of carboxylic acid groups (broad SMARTS) is 4. The van der Waals surface area contributed by atoms with Crippen molar-refractivity contribution in [3.05, 3.63) is 0 Å². The molecule has 0 radical (unpaired) electrons. The Morgan fingerprint density at radius 1 is 0.526 bits per heavy atom. The van der Waals surface area contributed by atoms with Crippen molar-refractivity contribution in [2.45, 2.75) is 38.5 Å². The Balaban J connectivity index is -0.000000262. The summed E-state index contributed by atoms with van der Waals surface area (Å²) >= 11 is 0. The van der Waals surface area contributed by atoms with Crippen LogP contribution in [0.3, 0.4) is 0 Å². The number of carbonyl (C=O) groups is 4. The van der Waals surface area contributed by atoms with Crippen molar-refractivity contribution in [2.24, 2.45) is 0 Å². The number of carboxylic acids is 4. The SMILES string of the molecule is O=C(O)CCC(=O)O.O=C(O)CCCCC(=O)O.[Zn]. The smallest absolute Gasteiger partial charge is 0.303 e. The van der Waals surface area contributed by atoms with E-state index >= 15 is 0 Å². The monoisotopic (exact) mass is 328 g/mol. The Hall–Kier alpha value is -1.50. The molecule has 0 aromatic heterocycles. The molecule has 0 saturated heterocycles. The van der Waals surface area contributed by atoms with Crippen molar-refractivity contribution in [2.75, 3.05) is 0 Å². The van der Waals surface area contributed by atoms with Crippen molar-refractivity contribution < 1.29 is 59.1 Å². The molecule has 4 N–H and O–H groups in total. The van der Waals surface area contributed by atoms with Crippen molar-refractivity contribution in [3.63, 3.8) is 0 Å². The van der Waals surface area contributed by atoms with Crippen LogP contribution in [0.25, 0.3) is 0 Å². The van der Waals surface area contributed by atoms with Gasteiger partial charge < -0.3 is 20.4 Å². The second kappa shape index (κ2) is 14.6. The van der Waals surface area contributed by atoms with Crippen LogP contribution in [0.5, 0.6) is 0 Å². The largest absolute Gasteiger partial charge is 0.481 e. The molecule has 106 valence electrons. The minimum absolute atomic E-state index is 0. The molecule has 9 heteroatoms. The summed E-state index contributed by atoms with van der Waals surface area (Å²) in [6.45, 7) is 0. The maximum absolute atomic E-state index is 9.90. The molecule has 0 heterocycles. The molecule has 0 bridgehead atoms.